The summed E-state index contributed by atoms with van der Waals surface area (Å²) in [6.07, 6.45) is 0.696. The van der Waals surface area contributed by atoms with Gasteiger partial charge in [-0.05, 0) is 6.92 Å². The number of hydrogen-bond donors (Lipinski definition) is 0. The maximum absolute atomic E-state index is 10.7. The van der Waals surface area contributed by atoms with Gasteiger partial charge in [-0.25, -0.2) is 0 Å². The highest BCUT2D eigenvalue weighted by atomic mass is 32.2. The Balaban J connectivity index is 3.69. The molecule has 0 radical (unpaired) electrons. The number of thioether (sulfide) groups is 1. The van der Waals surface area contributed by atoms with Crippen molar-refractivity contribution in [1.82, 2.24) is 0 Å². The first-order valence-corrected chi connectivity index (χ1v) is 4.86. The summed E-state index contributed by atoms with van der Waals surface area (Å²) in [6.45, 7) is 10.3. The van der Waals surface area contributed by atoms with Crippen molar-refractivity contribution >= 4 is 17.5 Å². The Morgan fingerprint density at radius 2 is 1.91 bits per heavy atom. The summed E-state index contributed by atoms with van der Waals surface area (Å²) < 4.78 is 0.273. The number of Topliss-reactive ketones (excluding diaryl/α,β-unsaturated/α-hetero) is 1. The van der Waals surface area contributed by atoms with E-state index in [1.165, 1.54) is 0 Å². The number of rotatable bonds is 3. The average Bonchev–Trinajstić information content (AvgIpc) is 1.53. The number of carbonyl (C=O) groups is 1. The van der Waals surface area contributed by atoms with E-state index in [4.69, 9.17) is 0 Å². The minimum atomic E-state index is 0.273. The molecule has 0 spiro atoms. The number of ketones is 1. The Kier molecular flexibility index (Phi) is 4.16. The van der Waals surface area contributed by atoms with E-state index in [0.29, 0.717) is 11.7 Å². The van der Waals surface area contributed by atoms with Crippen molar-refractivity contribution in [1.29, 1.82) is 0 Å². The summed E-state index contributed by atoms with van der Waals surface area (Å²) in [5.41, 5.74) is 0. The Bertz CT molecular complexity index is 135. The van der Waals surface area contributed by atoms with Gasteiger partial charge in [0.1, 0.15) is 5.78 Å². The van der Waals surface area contributed by atoms with Gasteiger partial charge in [-0.3, -0.25) is 4.79 Å². The first-order chi connectivity index (χ1) is 4.81. The molecule has 11 heavy (non-hydrogen) atoms. The second kappa shape index (κ2) is 4.15. The van der Waals surface area contributed by atoms with Gasteiger partial charge in [-0.2, -0.15) is 11.8 Å². The Labute approximate surface area is 73.9 Å². The third kappa shape index (κ3) is 7.92. The van der Waals surface area contributed by atoms with Crippen molar-refractivity contribution in [2.24, 2.45) is 0 Å². The predicted octanol–water partition coefficient (Wildman–Crippen LogP) is 2.89. The second-order valence-corrected chi connectivity index (χ2v) is 6.21. The van der Waals surface area contributed by atoms with Gasteiger partial charge in [0.25, 0.3) is 0 Å². The third-order valence-corrected chi connectivity index (χ3v) is 2.41. The van der Waals surface area contributed by atoms with E-state index in [0.717, 1.165) is 0 Å². The normalized spacial score (nSPS) is 14.6. The van der Waals surface area contributed by atoms with Crippen molar-refractivity contribution in [3.05, 3.63) is 0 Å². The second-order valence-electron chi connectivity index (χ2n) is 3.95. The molecule has 0 N–H and O–H groups in total. The summed E-state index contributed by atoms with van der Waals surface area (Å²) in [7, 11) is 0. The maximum Gasteiger partial charge on any atom is 0.130 e. The molecule has 0 bridgehead atoms. The average molecular weight is 174 g/mol. The standard InChI is InChI=1S/C9H18OS/c1-7(10)6-8(2)11-9(3,4)5/h8H,6H2,1-5H3/t8-/m0/s1. The molecule has 1 nitrogen and oxygen atoms in total. The van der Waals surface area contributed by atoms with Gasteiger partial charge in [-0.1, -0.05) is 27.7 Å². The monoisotopic (exact) mass is 174 g/mol. The molecule has 0 heterocycles. The van der Waals surface area contributed by atoms with Crippen molar-refractivity contribution < 1.29 is 4.79 Å². The van der Waals surface area contributed by atoms with Crippen LogP contribution < -0.4 is 0 Å². The minimum absolute atomic E-state index is 0.273. The van der Waals surface area contributed by atoms with Gasteiger partial charge in [-0.15, -0.1) is 0 Å². The molecular weight excluding hydrogens is 156 g/mol. The van der Waals surface area contributed by atoms with E-state index in [1.54, 1.807) is 6.92 Å². The van der Waals surface area contributed by atoms with Crippen LogP contribution in [0.15, 0.2) is 0 Å². The first kappa shape index (κ1) is 11.0. The van der Waals surface area contributed by atoms with Crippen LogP contribution in [-0.2, 0) is 4.79 Å². The number of hydrogen-bond acceptors (Lipinski definition) is 2. The van der Waals surface area contributed by atoms with E-state index in [1.807, 2.05) is 11.8 Å². The van der Waals surface area contributed by atoms with Crippen LogP contribution in [0.25, 0.3) is 0 Å². The van der Waals surface area contributed by atoms with Crippen LogP contribution in [0.1, 0.15) is 41.0 Å². The summed E-state index contributed by atoms with van der Waals surface area (Å²) in [5, 5.41) is 0.451. The van der Waals surface area contributed by atoms with Crippen molar-refractivity contribution in [2.45, 2.75) is 51.0 Å². The minimum Gasteiger partial charge on any atom is -0.300 e. The highest BCUT2D eigenvalue weighted by Gasteiger charge is 2.16. The van der Waals surface area contributed by atoms with Crippen molar-refractivity contribution in [3.8, 4) is 0 Å². The smallest absolute Gasteiger partial charge is 0.130 e. The molecule has 0 fully saturated rings. The lowest BCUT2D eigenvalue weighted by molar-refractivity contribution is -0.116. The largest absolute Gasteiger partial charge is 0.300 e. The molecule has 0 aromatic rings. The molecule has 0 saturated heterocycles. The molecule has 0 aromatic heterocycles. The molecule has 66 valence electrons. The summed E-state index contributed by atoms with van der Waals surface area (Å²) in [6, 6.07) is 0. The SMILES string of the molecule is CC(=O)C[C@H](C)SC(C)(C)C. The summed E-state index contributed by atoms with van der Waals surface area (Å²) in [4.78, 5) is 10.7. The molecule has 2 heteroatoms. The van der Waals surface area contributed by atoms with Crippen LogP contribution in [-0.4, -0.2) is 15.8 Å². The summed E-state index contributed by atoms with van der Waals surface area (Å²) >= 11 is 1.86. The highest BCUT2D eigenvalue weighted by Crippen LogP contribution is 2.29. The highest BCUT2D eigenvalue weighted by molar-refractivity contribution is 8.01. The van der Waals surface area contributed by atoms with Crippen LogP contribution in [0.5, 0.6) is 0 Å². The van der Waals surface area contributed by atoms with Gasteiger partial charge >= 0.3 is 0 Å². The van der Waals surface area contributed by atoms with Crippen LogP contribution in [0, 0.1) is 0 Å². The van der Waals surface area contributed by atoms with Crippen molar-refractivity contribution in [3.63, 3.8) is 0 Å². The van der Waals surface area contributed by atoms with E-state index < -0.39 is 0 Å². The van der Waals surface area contributed by atoms with E-state index in [2.05, 4.69) is 27.7 Å². The molecule has 0 saturated carbocycles. The molecule has 0 unspecified atom stereocenters. The quantitative estimate of drug-likeness (QED) is 0.654. The lowest BCUT2D eigenvalue weighted by Crippen LogP contribution is -2.15. The summed E-state index contributed by atoms with van der Waals surface area (Å²) in [5.74, 6) is 0.286. The van der Waals surface area contributed by atoms with Gasteiger partial charge in [0, 0.05) is 16.4 Å². The van der Waals surface area contributed by atoms with Crippen LogP contribution >= 0.6 is 11.8 Å². The molecule has 0 rings (SSSR count). The first-order valence-electron chi connectivity index (χ1n) is 3.98. The Hall–Kier alpha value is 0.0200. The molecule has 0 aliphatic rings. The van der Waals surface area contributed by atoms with Gasteiger partial charge in [0.2, 0.25) is 0 Å². The fourth-order valence-electron chi connectivity index (χ4n) is 1.05. The molecule has 1 atom stereocenters. The molecular formula is C9H18OS. The van der Waals surface area contributed by atoms with E-state index in [-0.39, 0.29) is 10.5 Å². The number of carbonyl (C=O) groups excluding carboxylic acids is 1. The third-order valence-electron chi connectivity index (χ3n) is 1.13. The fourth-order valence-corrected chi connectivity index (χ4v) is 2.58. The Morgan fingerprint density at radius 1 is 1.45 bits per heavy atom. The van der Waals surface area contributed by atoms with Crippen LogP contribution in [0.3, 0.4) is 0 Å². The van der Waals surface area contributed by atoms with E-state index >= 15 is 0 Å². The molecule has 0 amide bonds. The zero-order valence-corrected chi connectivity index (χ0v) is 8.92. The topological polar surface area (TPSA) is 17.1 Å². The zero-order chi connectivity index (χ0) is 9.07. The molecule has 0 aliphatic heterocycles. The predicted molar refractivity (Wildman–Crippen MR) is 52.1 cm³/mol. The fraction of sp³-hybridized carbons (Fsp3) is 0.889. The lowest BCUT2D eigenvalue weighted by atomic mass is 10.2. The van der Waals surface area contributed by atoms with Crippen LogP contribution in [0.4, 0.5) is 0 Å². The zero-order valence-electron chi connectivity index (χ0n) is 8.10. The van der Waals surface area contributed by atoms with Crippen molar-refractivity contribution in [2.75, 3.05) is 0 Å². The van der Waals surface area contributed by atoms with Gasteiger partial charge in [0.15, 0.2) is 0 Å². The van der Waals surface area contributed by atoms with Crippen LogP contribution in [0.2, 0.25) is 0 Å². The van der Waals surface area contributed by atoms with E-state index in [9.17, 15) is 4.79 Å². The maximum atomic E-state index is 10.7. The van der Waals surface area contributed by atoms with Gasteiger partial charge < -0.3 is 0 Å². The lowest BCUT2D eigenvalue weighted by Gasteiger charge is -2.21. The molecule has 0 aromatic carbocycles. The Morgan fingerprint density at radius 3 is 2.18 bits per heavy atom. The molecule has 0 aliphatic carbocycles. The van der Waals surface area contributed by atoms with Gasteiger partial charge in [0.05, 0.1) is 0 Å².